The minimum Gasteiger partial charge on any atom is -0.355 e. The monoisotopic (exact) mass is 499 g/mol. The Morgan fingerprint density at radius 2 is 1.69 bits per heavy atom. The van der Waals surface area contributed by atoms with Crippen LogP contribution in [0.4, 0.5) is 5.69 Å². The predicted molar refractivity (Wildman–Crippen MR) is 128 cm³/mol. The number of hydrogen-bond donors (Lipinski definition) is 1. The minimum absolute atomic E-state index is 0.161. The maximum absolute atomic E-state index is 13.4. The number of amides is 2. The Labute approximate surface area is 199 Å². The van der Waals surface area contributed by atoms with Crippen molar-refractivity contribution >= 4 is 50.7 Å². The lowest BCUT2D eigenvalue weighted by atomic mass is 10.1. The highest BCUT2D eigenvalue weighted by molar-refractivity contribution is 7.92. The van der Waals surface area contributed by atoms with E-state index in [9.17, 15) is 18.0 Å². The van der Waals surface area contributed by atoms with Gasteiger partial charge < -0.3 is 10.2 Å². The van der Waals surface area contributed by atoms with Crippen LogP contribution in [0.25, 0.3) is 0 Å². The zero-order valence-electron chi connectivity index (χ0n) is 18.2. The molecular weight excluding hydrogens is 473 g/mol. The van der Waals surface area contributed by atoms with Crippen LogP contribution in [0, 0.1) is 0 Å². The van der Waals surface area contributed by atoms with Gasteiger partial charge >= 0.3 is 0 Å². The number of hydrogen-bond acceptors (Lipinski definition) is 4. The van der Waals surface area contributed by atoms with Gasteiger partial charge in [-0.2, -0.15) is 0 Å². The van der Waals surface area contributed by atoms with E-state index < -0.39 is 28.5 Å². The Balaban J connectivity index is 2.42. The number of sulfonamides is 1. The molecule has 10 heteroatoms. The highest BCUT2D eigenvalue weighted by Gasteiger charge is 2.31. The molecule has 2 aromatic rings. The van der Waals surface area contributed by atoms with Gasteiger partial charge in [0.25, 0.3) is 0 Å². The number of benzene rings is 2. The van der Waals surface area contributed by atoms with Crippen molar-refractivity contribution in [3.8, 4) is 0 Å². The second-order valence-corrected chi connectivity index (χ2v) is 9.92. The smallest absolute Gasteiger partial charge is 0.244 e. The number of carbonyl (C=O) groups is 2. The maximum atomic E-state index is 13.4. The molecule has 0 saturated carbocycles. The molecule has 0 fully saturated rings. The Bertz CT molecular complexity index is 1050. The molecule has 2 aromatic carbocycles. The molecule has 0 aliphatic rings. The third-order valence-electron chi connectivity index (χ3n) is 4.80. The van der Waals surface area contributed by atoms with Gasteiger partial charge in [0.2, 0.25) is 21.8 Å². The summed E-state index contributed by atoms with van der Waals surface area (Å²) in [5, 5.41) is 3.18. The summed E-state index contributed by atoms with van der Waals surface area (Å²) in [5.74, 6) is -0.803. The molecule has 174 valence electrons. The maximum Gasteiger partial charge on any atom is 0.244 e. The number of rotatable bonds is 10. The van der Waals surface area contributed by atoms with Crippen molar-refractivity contribution in [3.63, 3.8) is 0 Å². The lowest BCUT2D eigenvalue weighted by molar-refractivity contribution is -0.140. The standard InChI is InChI=1S/C22H27Cl2N3O4S/c1-4-20(22(29)25-5-2)26(14-16-9-7-6-8-10-16)21(28)15-27(32(3,30)31)17-11-12-18(23)19(24)13-17/h6-13,20H,4-5,14-15H2,1-3H3,(H,25,29)/t20-/m1/s1. The van der Waals surface area contributed by atoms with E-state index in [1.54, 1.807) is 13.8 Å². The summed E-state index contributed by atoms with van der Waals surface area (Å²) >= 11 is 12.0. The average molecular weight is 500 g/mol. The molecule has 0 aromatic heterocycles. The summed E-state index contributed by atoms with van der Waals surface area (Å²) in [6, 6.07) is 12.8. The molecule has 0 aliphatic carbocycles. The average Bonchev–Trinajstić information content (AvgIpc) is 2.74. The van der Waals surface area contributed by atoms with Crippen LogP contribution in [0.2, 0.25) is 10.0 Å². The highest BCUT2D eigenvalue weighted by atomic mass is 35.5. The number of carbonyl (C=O) groups excluding carboxylic acids is 2. The molecule has 0 aliphatic heterocycles. The number of halogens is 2. The molecule has 1 N–H and O–H groups in total. The molecule has 0 unspecified atom stereocenters. The van der Waals surface area contributed by atoms with E-state index in [0.717, 1.165) is 16.1 Å². The lowest BCUT2D eigenvalue weighted by Crippen LogP contribution is -2.52. The van der Waals surface area contributed by atoms with Gasteiger partial charge in [-0.15, -0.1) is 0 Å². The Morgan fingerprint density at radius 3 is 2.22 bits per heavy atom. The van der Waals surface area contributed by atoms with Gasteiger partial charge in [-0.1, -0.05) is 60.5 Å². The van der Waals surface area contributed by atoms with Gasteiger partial charge in [0.05, 0.1) is 22.0 Å². The number of anilines is 1. The summed E-state index contributed by atoms with van der Waals surface area (Å²) in [6.07, 6.45) is 1.38. The molecule has 2 rings (SSSR count). The van der Waals surface area contributed by atoms with Gasteiger partial charge in [0, 0.05) is 13.1 Å². The molecule has 7 nitrogen and oxygen atoms in total. The first-order chi connectivity index (χ1) is 15.1. The molecule has 2 amide bonds. The lowest BCUT2D eigenvalue weighted by Gasteiger charge is -2.32. The zero-order valence-corrected chi connectivity index (χ0v) is 20.5. The minimum atomic E-state index is -3.83. The number of nitrogens with zero attached hydrogens (tertiary/aromatic N) is 2. The van der Waals surface area contributed by atoms with Crippen molar-refractivity contribution in [1.29, 1.82) is 0 Å². The van der Waals surface area contributed by atoms with Crippen molar-refractivity contribution in [2.24, 2.45) is 0 Å². The van der Waals surface area contributed by atoms with E-state index in [0.29, 0.717) is 13.0 Å². The van der Waals surface area contributed by atoms with Crippen molar-refractivity contribution in [2.75, 3.05) is 23.7 Å². The number of likely N-dealkylation sites (N-methyl/N-ethyl adjacent to an activating group) is 1. The first-order valence-electron chi connectivity index (χ1n) is 10.1. The summed E-state index contributed by atoms with van der Waals surface area (Å²) in [4.78, 5) is 27.5. The van der Waals surface area contributed by atoms with Crippen LogP contribution in [0.15, 0.2) is 48.5 Å². The molecular formula is C22H27Cl2N3O4S. The fourth-order valence-corrected chi connectivity index (χ4v) is 4.38. The van der Waals surface area contributed by atoms with Gasteiger partial charge in [0.15, 0.2) is 0 Å². The molecule has 0 bridgehead atoms. The summed E-state index contributed by atoms with van der Waals surface area (Å²) in [6.45, 7) is 3.69. The normalized spacial score (nSPS) is 12.2. The first kappa shape index (κ1) is 26.0. The molecule has 0 heterocycles. The van der Waals surface area contributed by atoms with Crippen LogP contribution in [0.3, 0.4) is 0 Å². The molecule has 0 saturated heterocycles. The van der Waals surface area contributed by atoms with Gasteiger partial charge in [-0.25, -0.2) is 8.42 Å². The second-order valence-electron chi connectivity index (χ2n) is 7.19. The first-order valence-corrected chi connectivity index (χ1v) is 12.7. The Morgan fingerprint density at radius 1 is 1.03 bits per heavy atom. The second kappa shape index (κ2) is 11.5. The summed E-state index contributed by atoms with van der Waals surface area (Å²) in [7, 11) is -3.83. The fourth-order valence-electron chi connectivity index (χ4n) is 3.25. The fraction of sp³-hybridized carbons (Fsp3) is 0.364. The predicted octanol–water partition coefficient (Wildman–Crippen LogP) is 3.70. The number of nitrogens with one attached hydrogen (secondary N) is 1. The van der Waals surface area contributed by atoms with Crippen LogP contribution in [0.5, 0.6) is 0 Å². The largest absolute Gasteiger partial charge is 0.355 e. The van der Waals surface area contributed by atoms with E-state index in [1.807, 2.05) is 30.3 Å². The van der Waals surface area contributed by atoms with Gasteiger partial charge in [0.1, 0.15) is 12.6 Å². The summed E-state index contributed by atoms with van der Waals surface area (Å²) < 4.78 is 26.0. The quantitative estimate of drug-likeness (QED) is 0.539. The van der Waals surface area contributed by atoms with Crippen molar-refractivity contribution in [3.05, 3.63) is 64.1 Å². The highest BCUT2D eigenvalue weighted by Crippen LogP contribution is 2.28. The Hall–Kier alpha value is -2.29. The third-order valence-corrected chi connectivity index (χ3v) is 6.68. The van der Waals surface area contributed by atoms with Crippen LogP contribution >= 0.6 is 23.2 Å². The third kappa shape index (κ3) is 6.85. The van der Waals surface area contributed by atoms with Crippen molar-refractivity contribution in [1.82, 2.24) is 10.2 Å². The van der Waals surface area contributed by atoms with Crippen LogP contribution < -0.4 is 9.62 Å². The van der Waals surface area contributed by atoms with Crippen molar-refractivity contribution in [2.45, 2.75) is 32.9 Å². The van der Waals surface area contributed by atoms with Crippen LogP contribution in [-0.4, -0.2) is 50.5 Å². The van der Waals surface area contributed by atoms with E-state index in [4.69, 9.17) is 23.2 Å². The molecule has 0 radical (unpaired) electrons. The SMILES string of the molecule is CCNC(=O)[C@@H](CC)N(Cc1ccccc1)C(=O)CN(c1ccc(Cl)c(Cl)c1)S(C)(=O)=O. The molecule has 1 atom stereocenters. The Kier molecular flexibility index (Phi) is 9.36. The van der Waals surface area contributed by atoms with Crippen LogP contribution in [0.1, 0.15) is 25.8 Å². The van der Waals surface area contributed by atoms with E-state index >= 15 is 0 Å². The van der Waals surface area contributed by atoms with Crippen molar-refractivity contribution < 1.29 is 18.0 Å². The topological polar surface area (TPSA) is 86.8 Å². The van der Waals surface area contributed by atoms with Gasteiger partial charge in [-0.05, 0) is 37.1 Å². The van der Waals surface area contributed by atoms with E-state index in [1.165, 1.54) is 23.1 Å². The van der Waals surface area contributed by atoms with Crippen LogP contribution in [-0.2, 0) is 26.2 Å². The molecule has 0 spiro atoms. The summed E-state index contributed by atoms with van der Waals surface area (Å²) in [5.41, 5.74) is 1.03. The van der Waals surface area contributed by atoms with Gasteiger partial charge in [-0.3, -0.25) is 13.9 Å². The molecule has 32 heavy (non-hydrogen) atoms. The van der Waals surface area contributed by atoms with E-state index in [2.05, 4.69) is 5.32 Å². The zero-order chi connectivity index (χ0) is 23.9. The van der Waals surface area contributed by atoms with E-state index in [-0.39, 0.29) is 28.2 Å².